The first-order chi connectivity index (χ1) is 6.74. The fourth-order valence-corrected chi connectivity index (χ4v) is 1.80. The first kappa shape index (κ1) is 9.05. The highest BCUT2D eigenvalue weighted by Gasteiger charge is 2.22. The number of aryl methyl sites for hydroxylation is 1. The number of carboxylic acid groups (broad SMARTS) is 1. The van der Waals surface area contributed by atoms with E-state index in [4.69, 9.17) is 5.11 Å². The molecule has 0 spiro atoms. The van der Waals surface area contributed by atoms with Gasteiger partial charge in [0, 0.05) is 18.7 Å². The second-order valence-electron chi connectivity index (χ2n) is 3.34. The number of hydrogen-bond acceptors (Lipinski definition) is 3. The van der Waals surface area contributed by atoms with Gasteiger partial charge in [-0.2, -0.15) is 5.10 Å². The molecule has 5 nitrogen and oxygen atoms in total. The van der Waals surface area contributed by atoms with Crippen molar-refractivity contribution < 1.29 is 9.90 Å². The van der Waals surface area contributed by atoms with Crippen molar-refractivity contribution in [3.63, 3.8) is 0 Å². The van der Waals surface area contributed by atoms with Crippen molar-refractivity contribution in [2.45, 2.75) is 26.3 Å². The van der Waals surface area contributed by atoms with E-state index in [0.717, 1.165) is 30.9 Å². The standard InChI is InChI=1S/C9H13N3O2/c1-2-6-7(9(13)14)11-12-5-3-4-10-8(6)12/h10H,2-5H2,1H3,(H,13,14). The monoisotopic (exact) mass is 195 g/mol. The average Bonchev–Trinajstić information content (AvgIpc) is 2.56. The van der Waals surface area contributed by atoms with Crippen molar-refractivity contribution in [2.75, 3.05) is 11.9 Å². The minimum atomic E-state index is -0.939. The summed E-state index contributed by atoms with van der Waals surface area (Å²) in [6, 6.07) is 0. The van der Waals surface area contributed by atoms with E-state index in [0.29, 0.717) is 6.42 Å². The van der Waals surface area contributed by atoms with Crippen LogP contribution in [0.15, 0.2) is 0 Å². The summed E-state index contributed by atoms with van der Waals surface area (Å²) in [5.74, 6) is -0.0540. The number of anilines is 1. The summed E-state index contributed by atoms with van der Waals surface area (Å²) in [5.41, 5.74) is 1.01. The van der Waals surface area contributed by atoms with E-state index in [9.17, 15) is 4.79 Å². The predicted molar refractivity (Wildman–Crippen MR) is 51.7 cm³/mol. The van der Waals surface area contributed by atoms with E-state index >= 15 is 0 Å². The molecule has 76 valence electrons. The van der Waals surface area contributed by atoms with Crippen LogP contribution in [0.1, 0.15) is 29.4 Å². The smallest absolute Gasteiger partial charge is 0.356 e. The minimum Gasteiger partial charge on any atom is -0.476 e. The first-order valence-corrected chi connectivity index (χ1v) is 4.81. The summed E-state index contributed by atoms with van der Waals surface area (Å²) < 4.78 is 1.76. The average molecular weight is 195 g/mol. The van der Waals surface area contributed by atoms with Crippen LogP contribution in [0.25, 0.3) is 0 Å². The van der Waals surface area contributed by atoms with E-state index < -0.39 is 5.97 Å². The minimum absolute atomic E-state index is 0.192. The third-order valence-electron chi connectivity index (χ3n) is 2.45. The Kier molecular flexibility index (Phi) is 2.15. The van der Waals surface area contributed by atoms with E-state index in [1.165, 1.54) is 0 Å². The summed E-state index contributed by atoms with van der Waals surface area (Å²) >= 11 is 0. The van der Waals surface area contributed by atoms with E-state index in [1.54, 1.807) is 4.68 Å². The van der Waals surface area contributed by atoms with Gasteiger partial charge in [-0.25, -0.2) is 9.48 Å². The predicted octanol–water partition coefficient (Wildman–Crippen LogP) is 0.959. The summed E-state index contributed by atoms with van der Waals surface area (Å²) in [6.07, 6.45) is 1.70. The molecule has 0 fully saturated rings. The maximum Gasteiger partial charge on any atom is 0.356 e. The maximum atomic E-state index is 10.9. The van der Waals surface area contributed by atoms with E-state index in [2.05, 4.69) is 10.4 Å². The summed E-state index contributed by atoms with van der Waals surface area (Å²) in [6.45, 7) is 3.65. The van der Waals surface area contributed by atoms with Crippen molar-refractivity contribution in [1.82, 2.24) is 9.78 Å². The SMILES string of the molecule is CCc1c(C(=O)O)nn2c1NCCC2. The molecule has 1 aliphatic heterocycles. The molecular weight excluding hydrogens is 182 g/mol. The number of hydrogen-bond donors (Lipinski definition) is 2. The molecule has 2 N–H and O–H groups in total. The highest BCUT2D eigenvalue weighted by molar-refractivity contribution is 5.89. The van der Waals surface area contributed by atoms with Gasteiger partial charge in [0.2, 0.25) is 0 Å². The molecule has 1 aromatic rings. The molecule has 2 heterocycles. The number of aromatic nitrogens is 2. The first-order valence-electron chi connectivity index (χ1n) is 4.81. The Morgan fingerprint density at radius 3 is 3.14 bits per heavy atom. The Morgan fingerprint density at radius 2 is 2.50 bits per heavy atom. The van der Waals surface area contributed by atoms with Gasteiger partial charge in [0.15, 0.2) is 5.69 Å². The molecule has 5 heteroatoms. The van der Waals surface area contributed by atoms with Crippen molar-refractivity contribution in [1.29, 1.82) is 0 Å². The molecule has 2 rings (SSSR count). The van der Waals surface area contributed by atoms with Gasteiger partial charge in [-0.05, 0) is 12.8 Å². The Bertz CT molecular complexity index is 370. The largest absolute Gasteiger partial charge is 0.476 e. The van der Waals surface area contributed by atoms with Gasteiger partial charge in [-0.15, -0.1) is 0 Å². The lowest BCUT2D eigenvalue weighted by molar-refractivity contribution is 0.0688. The number of rotatable bonds is 2. The summed E-state index contributed by atoms with van der Waals surface area (Å²) in [7, 11) is 0. The quantitative estimate of drug-likeness (QED) is 0.737. The Balaban J connectivity index is 2.51. The molecular formula is C9H13N3O2. The Morgan fingerprint density at radius 1 is 1.71 bits per heavy atom. The number of nitrogens with one attached hydrogen (secondary N) is 1. The number of carboxylic acids is 1. The Hall–Kier alpha value is -1.52. The van der Waals surface area contributed by atoms with Gasteiger partial charge in [0.05, 0.1) is 0 Å². The topological polar surface area (TPSA) is 67.1 Å². The van der Waals surface area contributed by atoms with Crippen LogP contribution in [0.4, 0.5) is 5.82 Å². The molecule has 0 atom stereocenters. The van der Waals surface area contributed by atoms with Crippen molar-refractivity contribution >= 4 is 11.8 Å². The van der Waals surface area contributed by atoms with Crippen LogP contribution in [-0.2, 0) is 13.0 Å². The second kappa shape index (κ2) is 3.32. The zero-order chi connectivity index (χ0) is 10.1. The van der Waals surface area contributed by atoms with Crippen molar-refractivity contribution in [2.24, 2.45) is 0 Å². The van der Waals surface area contributed by atoms with Crippen LogP contribution >= 0.6 is 0 Å². The fraction of sp³-hybridized carbons (Fsp3) is 0.556. The molecule has 1 aliphatic rings. The van der Waals surface area contributed by atoms with Gasteiger partial charge in [0.25, 0.3) is 0 Å². The molecule has 0 amide bonds. The van der Waals surface area contributed by atoms with Gasteiger partial charge in [-0.3, -0.25) is 0 Å². The van der Waals surface area contributed by atoms with Crippen LogP contribution in [0, 0.1) is 0 Å². The third kappa shape index (κ3) is 1.25. The zero-order valence-electron chi connectivity index (χ0n) is 8.08. The molecule has 0 bridgehead atoms. The van der Waals surface area contributed by atoms with Gasteiger partial charge < -0.3 is 10.4 Å². The summed E-state index contributed by atoms with van der Waals surface area (Å²) in [5, 5.41) is 16.2. The van der Waals surface area contributed by atoms with Crippen molar-refractivity contribution in [3.05, 3.63) is 11.3 Å². The van der Waals surface area contributed by atoms with Gasteiger partial charge in [-0.1, -0.05) is 6.92 Å². The molecule has 0 radical (unpaired) electrons. The third-order valence-corrected chi connectivity index (χ3v) is 2.45. The molecule has 0 saturated carbocycles. The lowest BCUT2D eigenvalue weighted by Gasteiger charge is -2.16. The maximum absolute atomic E-state index is 10.9. The second-order valence-corrected chi connectivity index (χ2v) is 3.34. The highest BCUT2D eigenvalue weighted by atomic mass is 16.4. The number of carbonyl (C=O) groups is 1. The molecule has 0 unspecified atom stereocenters. The van der Waals surface area contributed by atoms with E-state index in [1.807, 2.05) is 6.92 Å². The van der Waals surface area contributed by atoms with Crippen molar-refractivity contribution in [3.8, 4) is 0 Å². The molecule has 0 aromatic carbocycles. The van der Waals surface area contributed by atoms with Crippen LogP contribution in [0.3, 0.4) is 0 Å². The van der Waals surface area contributed by atoms with Crippen LogP contribution in [0.2, 0.25) is 0 Å². The van der Waals surface area contributed by atoms with E-state index in [-0.39, 0.29) is 5.69 Å². The lowest BCUT2D eigenvalue weighted by atomic mass is 10.1. The number of nitrogens with zero attached hydrogens (tertiary/aromatic N) is 2. The zero-order valence-corrected chi connectivity index (χ0v) is 8.08. The number of aromatic carboxylic acids is 1. The van der Waals surface area contributed by atoms with Gasteiger partial charge >= 0.3 is 5.97 Å². The van der Waals surface area contributed by atoms with Crippen LogP contribution in [0.5, 0.6) is 0 Å². The molecule has 14 heavy (non-hydrogen) atoms. The van der Waals surface area contributed by atoms with Crippen LogP contribution < -0.4 is 5.32 Å². The van der Waals surface area contributed by atoms with Gasteiger partial charge in [0.1, 0.15) is 5.82 Å². The molecule has 1 aromatic heterocycles. The number of fused-ring (bicyclic) bond motifs is 1. The molecule has 0 aliphatic carbocycles. The Labute approximate surface area is 81.7 Å². The fourth-order valence-electron chi connectivity index (χ4n) is 1.80. The highest BCUT2D eigenvalue weighted by Crippen LogP contribution is 2.23. The normalized spacial score (nSPS) is 14.6. The summed E-state index contributed by atoms with van der Waals surface area (Å²) in [4.78, 5) is 10.9. The van der Waals surface area contributed by atoms with Crippen LogP contribution in [-0.4, -0.2) is 27.4 Å². The molecule has 0 saturated heterocycles. The lowest BCUT2D eigenvalue weighted by Crippen LogP contribution is -2.18.